The van der Waals surface area contributed by atoms with Crippen molar-refractivity contribution >= 4 is 5.97 Å². The molecule has 1 aromatic heterocycles. The summed E-state index contributed by atoms with van der Waals surface area (Å²) in [5.41, 5.74) is 0.486. The number of aromatic nitrogens is 1. The zero-order valence-corrected chi connectivity index (χ0v) is 8.47. The van der Waals surface area contributed by atoms with E-state index >= 15 is 0 Å². The number of pyridine rings is 1. The van der Waals surface area contributed by atoms with E-state index in [4.69, 9.17) is 0 Å². The Morgan fingerprint density at radius 2 is 2.27 bits per heavy atom. The smallest absolute Gasteiger partial charge is 0.315 e. The quantitative estimate of drug-likeness (QED) is 0.754. The molecule has 0 saturated heterocycles. The van der Waals surface area contributed by atoms with Gasteiger partial charge in [0.25, 0.3) is 0 Å². The van der Waals surface area contributed by atoms with Gasteiger partial charge in [0.15, 0.2) is 0 Å². The highest BCUT2D eigenvalue weighted by Gasteiger charge is 2.53. The van der Waals surface area contributed by atoms with Gasteiger partial charge in [0.2, 0.25) is 0 Å². The van der Waals surface area contributed by atoms with Crippen molar-refractivity contribution in [1.82, 2.24) is 4.98 Å². The molecule has 0 aromatic carbocycles. The van der Waals surface area contributed by atoms with Gasteiger partial charge in [-0.25, -0.2) is 0 Å². The van der Waals surface area contributed by atoms with Gasteiger partial charge in [0, 0.05) is 6.20 Å². The van der Waals surface area contributed by atoms with Crippen LogP contribution in [0.3, 0.4) is 0 Å². The average Bonchev–Trinajstić information content (AvgIpc) is 2.13. The van der Waals surface area contributed by atoms with Crippen LogP contribution in [0.2, 0.25) is 0 Å². The van der Waals surface area contributed by atoms with Gasteiger partial charge in [-0.05, 0) is 31.4 Å². The third-order valence-electron chi connectivity index (χ3n) is 3.04. The number of rotatable bonds is 2. The summed E-state index contributed by atoms with van der Waals surface area (Å²) in [5.74, 6) is -0.894. The largest absolute Gasteiger partial charge is 0.481 e. The molecule has 1 aromatic rings. The molecular formula is C11H13NO3. The molecule has 0 atom stereocenters. The molecule has 0 bridgehead atoms. The Hall–Kier alpha value is -1.42. The van der Waals surface area contributed by atoms with E-state index in [-0.39, 0.29) is 12.8 Å². The van der Waals surface area contributed by atoms with Gasteiger partial charge < -0.3 is 10.2 Å². The van der Waals surface area contributed by atoms with Crippen molar-refractivity contribution in [1.29, 1.82) is 0 Å². The standard InChI is InChI=1S/C11H13NO3/c1-7-3-2-4-12-9(7)11(10(14)15)5-8(13)6-11/h2-4,8,13H,5-6H2,1H3,(H,14,15). The van der Waals surface area contributed by atoms with Crippen LogP contribution in [0.5, 0.6) is 0 Å². The zero-order chi connectivity index (χ0) is 11.1. The van der Waals surface area contributed by atoms with E-state index in [0.29, 0.717) is 5.69 Å². The fourth-order valence-electron chi connectivity index (χ4n) is 2.20. The second kappa shape index (κ2) is 3.31. The number of hydrogen-bond donors (Lipinski definition) is 2. The number of carbonyl (C=O) groups is 1. The molecule has 0 amide bonds. The first kappa shape index (κ1) is 10.1. The molecule has 1 aliphatic rings. The monoisotopic (exact) mass is 207 g/mol. The highest BCUT2D eigenvalue weighted by atomic mass is 16.4. The van der Waals surface area contributed by atoms with Crippen molar-refractivity contribution in [3.8, 4) is 0 Å². The zero-order valence-electron chi connectivity index (χ0n) is 8.47. The molecule has 2 N–H and O–H groups in total. The lowest BCUT2D eigenvalue weighted by Gasteiger charge is -2.41. The fourth-order valence-corrected chi connectivity index (χ4v) is 2.20. The van der Waals surface area contributed by atoms with Gasteiger partial charge in [-0.15, -0.1) is 0 Å². The van der Waals surface area contributed by atoms with Crippen LogP contribution in [0.25, 0.3) is 0 Å². The summed E-state index contributed by atoms with van der Waals surface area (Å²) in [4.78, 5) is 15.4. The van der Waals surface area contributed by atoms with Crippen LogP contribution >= 0.6 is 0 Å². The molecule has 80 valence electrons. The molecule has 0 radical (unpaired) electrons. The Balaban J connectivity index is 2.43. The predicted molar refractivity (Wildman–Crippen MR) is 53.5 cm³/mol. The van der Waals surface area contributed by atoms with Crippen molar-refractivity contribution in [2.45, 2.75) is 31.3 Å². The lowest BCUT2D eigenvalue weighted by Crippen LogP contribution is -2.51. The number of hydrogen-bond acceptors (Lipinski definition) is 3. The molecule has 1 heterocycles. The number of aliphatic hydroxyl groups excluding tert-OH is 1. The van der Waals surface area contributed by atoms with Gasteiger partial charge in [-0.1, -0.05) is 6.07 Å². The second-order valence-corrected chi connectivity index (χ2v) is 4.12. The molecule has 0 aliphatic heterocycles. The van der Waals surface area contributed by atoms with Gasteiger partial charge >= 0.3 is 5.97 Å². The molecule has 1 aliphatic carbocycles. The normalized spacial score (nSPS) is 29.6. The highest BCUT2D eigenvalue weighted by molar-refractivity contribution is 5.82. The van der Waals surface area contributed by atoms with E-state index < -0.39 is 17.5 Å². The SMILES string of the molecule is Cc1cccnc1C1(C(=O)O)CC(O)C1. The fraction of sp³-hybridized carbons (Fsp3) is 0.455. The molecular weight excluding hydrogens is 194 g/mol. The molecule has 4 heteroatoms. The average molecular weight is 207 g/mol. The topological polar surface area (TPSA) is 70.4 Å². The summed E-state index contributed by atoms with van der Waals surface area (Å²) in [6.45, 7) is 1.84. The number of aryl methyl sites for hydroxylation is 1. The molecule has 0 unspecified atom stereocenters. The maximum atomic E-state index is 11.3. The minimum atomic E-state index is -0.968. The molecule has 1 saturated carbocycles. The van der Waals surface area contributed by atoms with Crippen LogP contribution in [0.4, 0.5) is 0 Å². The van der Waals surface area contributed by atoms with Gasteiger partial charge in [0.05, 0.1) is 11.8 Å². The highest BCUT2D eigenvalue weighted by Crippen LogP contribution is 2.44. The first-order chi connectivity index (χ1) is 7.06. The van der Waals surface area contributed by atoms with Crippen LogP contribution in [-0.4, -0.2) is 27.3 Å². The number of nitrogens with zero attached hydrogens (tertiary/aromatic N) is 1. The lowest BCUT2D eigenvalue weighted by molar-refractivity contribution is -0.153. The maximum Gasteiger partial charge on any atom is 0.315 e. The Kier molecular flexibility index (Phi) is 2.23. The number of carboxylic acid groups (broad SMARTS) is 1. The minimum Gasteiger partial charge on any atom is -0.481 e. The minimum absolute atomic E-state index is 0.264. The van der Waals surface area contributed by atoms with Crippen molar-refractivity contribution < 1.29 is 15.0 Å². The lowest BCUT2D eigenvalue weighted by atomic mass is 9.63. The molecule has 4 nitrogen and oxygen atoms in total. The first-order valence-electron chi connectivity index (χ1n) is 4.90. The molecule has 15 heavy (non-hydrogen) atoms. The predicted octanol–water partition coefficient (Wildman–Crippen LogP) is 0.867. The summed E-state index contributed by atoms with van der Waals surface area (Å²) in [5, 5.41) is 18.5. The van der Waals surface area contributed by atoms with Gasteiger partial charge in [-0.3, -0.25) is 9.78 Å². The van der Waals surface area contributed by atoms with E-state index in [1.54, 1.807) is 12.3 Å². The summed E-state index contributed by atoms with van der Waals surface area (Å²) >= 11 is 0. The van der Waals surface area contributed by atoms with Crippen molar-refractivity contribution in [3.63, 3.8) is 0 Å². The van der Waals surface area contributed by atoms with E-state index in [1.807, 2.05) is 13.0 Å². The van der Waals surface area contributed by atoms with Gasteiger partial charge in [0.1, 0.15) is 5.41 Å². The van der Waals surface area contributed by atoms with Gasteiger partial charge in [-0.2, -0.15) is 0 Å². The van der Waals surface area contributed by atoms with Crippen molar-refractivity contribution in [2.24, 2.45) is 0 Å². The summed E-state index contributed by atoms with van der Waals surface area (Å²) in [6, 6.07) is 3.63. The molecule has 1 fully saturated rings. The Morgan fingerprint density at radius 3 is 2.73 bits per heavy atom. The van der Waals surface area contributed by atoms with Crippen LogP contribution < -0.4 is 0 Å². The van der Waals surface area contributed by atoms with Crippen molar-refractivity contribution in [3.05, 3.63) is 29.6 Å². The van der Waals surface area contributed by atoms with Crippen LogP contribution in [-0.2, 0) is 10.2 Å². The second-order valence-electron chi connectivity index (χ2n) is 4.12. The summed E-state index contributed by atoms with van der Waals surface area (Å²) in [6.07, 6.45) is 1.61. The van der Waals surface area contributed by atoms with E-state index in [9.17, 15) is 15.0 Å². The summed E-state index contributed by atoms with van der Waals surface area (Å²) in [7, 11) is 0. The molecule has 0 spiro atoms. The number of aliphatic hydroxyl groups is 1. The Labute approximate surface area is 87.6 Å². The maximum absolute atomic E-state index is 11.3. The Bertz CT molecular complexity index is 397. The van der Waals surface area contributed by atoms with Crippen LogP contribution in [0.1, 0.15) is 24.1 Å². The van der Waals surface area contributed by atoms with E-state index in [0.717, 1.165) is 5.56 Å². The van der Waals surface area contributed by atoms with Crippen molar-refractivity contribution in [2.75, 3.05) is 0 Å². The number of carboxylic acids is 1. The van der Waals surface area contributed by atoms with Crippen LogP contribution in [0.15, 0.2) is 18.3 Å². The van der Waals surface area contributed by atoms with E-state index in [1.165, 1.54) is 0 Å². The third kappa shape index (κ3) is 1.41. The third-order valence-corrected chi connectivity index (χ3v) is 3.04. The number of aliphatic carboxylic acids is 1. The van der Waals surface area contributed by atoms with E-state index in [2.05, 4.69) is 4.98 Å². The first-order valence-corrected chi connectivity index (χ1v) is 4.90. The summed E-state index contributed by atoms with van der Waals surface area (Å²) < 4.78 is 0. The Morgan fingerprint density at radius 1 is 1.60 bits per heavy atom. The molecule has 2 rings (SSSR count). The van der Waals surface area contributed by atoms with Crippen LogP contribution in [0, 0.1) is 6.92 Å².